The summed E-state index contributed by atoms with van der Waals surface area (Å²) in [6, 6.07) is 10.1. The Morgan fingerprint density at radius 1 is 1.23 bits per heavy atom. The van der Waals surface area contributed by atoms with E-state index in [1.165, 1.54) is 0 Å². The number of rotatable bonds is 5. The molecule has 1 fully saturated rings. The number of hydrogen-bond donors (Lipinski definition) is 2. The van der Waals surface area contributed by atoms with Gasteiger partial charge in [-0.2, -0.15) is 5.10 Å². The number of nitrogens with zero attached hydrogens (tertiary/aromatic N) is 2. The Labute approximate surface area is 149 Å². The third kappa shape index (κ3) is 7.38. The van der Waals surface area contributed by atoms with Crippen LogP contribution in [0.15, 0.2) is 35.4 Å². The van der Waals surface area contributed by atoms with Crippen molar-refractivity contribution in [2.24, 2.45) is 10.8 Å². The normalized spacial score (nSPS) is 15.4. The molecule has 124 valence electrons. The predicted molar refractivity (Wildman–Crippen MR) is 99.3 cm³/mol. The van der Waals surface area contributed by atoms with Crippen LogP contribution in [-0.2, 0) is 4.74 Å². The van der Waals surface area contributed by atoms with Crippen LogP contribution in [0.25, 0.3) is 0 Å². The molecule has 0 saturated carbocycles. The Hall–Kier alpha value is -0.920. The molecule has 1 aromatic carbocycles. The second kappa shape index (κ2) is 11.6. The molecular formula is C14H22Cl2N4OS. The molecule has 0 unspecified atom stereocenters. The number of halogens is 2. The average molecular weight is 365 g/mol. The van der Waals surface area contributed by atoms with E-state index in [-0.39, 0.29) is 29.9 Å². The van der Waals surface area contributed by atoms with Crippen LogP contribution in [-0.4, -0.2) is 48.6 Å². The summed E-state index contributed by atoms with van der Waals surface area (Å²) in [5.41, 5.74) is 10.2. The maximum absolute atomic E-state index is 5.44. The van der Waals surface area contributed by atoms with E-state index >= 15 is 0 Å². The summed E-state index contributed by atoms with van der Waals surface area (Å²) in [4.78, 5) is 2.38. The van der Waals surface area contributed by atoms with Gasteiger partial charge in [0.1, 0.15) is 0 Å². The topological polar surface area (TPSA) is 62.9 Å². The van der Waals surface area contributed by atoms with Crippen LogP contribution >= 0.6 is 37.0 Å². The summed E-state index contributed by atoms with van der Waals surface area (Å²) in [6.07, 6.45) is 0.847. The molecule has 1 heterocycles. The molecular weight excluding hydrogens is 343 g/mol. The van der Waals surface area contributed by atoms with Crippen LogP contribution in [0.3, 0.4) is 0 Å². The molecule has 1 saturated heterocycles. The zero-order valence-corrected chi connectivity index (χ0v) is 14.7. The zero-order valence-electron chi connectivity index (χ0n) is 12.2. The highest BCUT2D eigenvalue weighted by Gasteiger charge is 2.12. The van der Waals surface area contributed by atoms with Crippen LogP contribution in [0.1, 0.15) is 12.0 Å². The molecule has 5 nitrogen and oxygen atoms in total. The van der Waals surface area contributed by atoms with E-state index in [1.54, 1.807) is 0 Å². The lowest BCUT2D eigenvalue weighted by Gasteiger charge is -2.26. The van der Waals surface area contributed by atoms with Gasteiger partial charge in [0, 0.05) is 26.1 Å². The molecule has 0 aliphatic carbocycles. The van der Waals surface area contributed by atoms with Crippen molar-refractivity contribution in [3.63, 3.8) is 0 Å². The molecule has 8 heteroatoms. The number of hydrogen-bond acceptors (Lipinski definition) is 4. The van der Waals surface area contributed by atoms with Crippen LogP contribution < -0.4 is 11.2 Å². The van der Waals surface area contributed by atoms with Crippen molar-refractivity contribution in [3.05, 3.63) is 35.9 Å². The minimum Gasteiger partial charge on any atom is -0.379 e. The van der Waals surface area contributed by atoms with Gasteiger partial charge < -0.3 is 10.5 Å². The predicted octanol–water partition coefficient (Wildman–Crippen LogP) is 1.79. The smallest absolute Gasteiger partial charge is 0.184 e. The molecule has 2 rings (SSSR count). The monoisotopic (exact) mass is 364 g/mol. The number of nitrogens with two attached hydrogens (primary N) is 1. The van der Waals surface area contributed by atoms with Crippen LogP contribution in [0.2, 0.25) is 0 Å². The summed E-state index contributed by atoms with van der Waals surface area (Å²) in [5, 5.41) is 4.51. The number of nitrogens with one attached hydrogen (secondary N) is 1. The van der Waals surface area contributed by atoms with E-state index < -0.39 is 0 Å². The Morgan fingerprint density at radius 3 is 2.45 bits per heavy atom. The Kier molecular flexibility index (Phi) is 11.1. The van der Waals surface area contributed by atoms with Crippen molar-refractivity contribution in [2.45, 2.75) is 6.42 Å². The highest BCUT2D eigenvalue weighted by Crippen LogP contribution is 2.06. The molecule has 0 amide bonds. The molecule has 0 spiro atoms. The second-order valence-electron chi connectivity index (χ2n) is 4.60. The summed E-state index contributed by atoms with van der Waals surface area (Å²) in [6.45, 7) is 4.53. The van der Waals surface area contributed by atoms with Crippen LogP contribution in [0.5, 0.6) is 0 Å². The molecule has 0 radical (unpaired) electrons. The van der Waals surface area contributed by atoms with E-state index in [1.807, 2.05) is 30.3 Å². The summed E-state index contributed by atoms with van der Waals surface area (Å²) >= 11 is 4.81. The fraction of sp³-hybridized carbons (Fsp3) is 0.429. The average Bonchev–Trinajstić information content (AvgIpc) is 2.49. The van der Waals surface area contributed by atoms with Gasteiger partial charge in [0.25, 0.3) is 0 Å². The second-order valence-corrected chi connectivity index (χ2v) is 5.04. The van der Waals surface area contributed by atoms with Gasteiger partial charge >= 0.3 is 0 Å². The van der Waals surface area contributed by atoms with Crippen molar-refractivity contribution in [1.82, 2.24) is 10.3 Å². The summed E-state index contributed by atoms with van der Waals surface area (Å²) in [5.74, 6) is 0. The fourth-order valence-corrected chi connectivity index (χ4v) is 2.15. The minimum atomic E-state index is 0. The third-order valence-corrected chi connectivity index (χ3v) is 3.27. The van der Waals surface area contributed by atoms with E-state index in [4.69, 9.17) is 22.7 Å². The van der Waals surface area contributed by atoms with Gasteiger partial charge in [0.15, 0.2) is 5.11 Å². The Bertz CT molecular complexity index is 467. The first-order valence-corrected chi connectivity index (χ1v) is 7.14. The summed E-state index contributed by atoms with van der Waals surface area (Å²) in [7, 11) is 0. The molecule has 1 aliphatic rings. The first-order chi connectivity index (χ1) is 9.75. The number of morpholine rings is 1. The largest absolute Gasteiger partial charge is 0.379 e. The van der Waals surface area contributed by atoms with Crippen molar-refractivity contribution >= 4 is 47.9 Å². The van der Waals surface area contributed by atoms with Gasteiger partial charge in [-0.25, -0.2) is 0 Å². The lowest BCUT2D eigenvalue weighted by molar-refractivity contribution is 0.0392. The van der Waals surface area contributed by atoms with Crippen molar-refractivity contribution in [1.29, 1.82) is 0 Å². The SMILES string of the molecule is Cl.Cl.NC(=S)N/N=C(\CCN1CCOCC1)c1ccccc1. The quantitative estimate of drug-likeness (QED) is 0.473. The van der Waals surface area contributed by atoms with E-state index in [9.17, 15) is 0 Å². The lowest BCUT2D eigenvalue weighted by Crippen LogP contribution is -2.37. The molecule has 1 aliphatic heterocycles. The Morgan fingerprint density at radius 2 is 1.86 bits per heavy atom. The zero-order chi connectivity index (χ0) is 14.2. The fourth-order valence-electron chi connectivity index (χ4n) is 2.11. The van der Waals surface area contributed by atoms with Gasteiger partial charge in [0.2, 0.25) is 0 Å². The lowest BCUT2D eigenvalue weighted by atomic mass is 10.1. The first kappa shape index (κ1) is 21.1. The molecule has 22 heavy (non-hydrogen) atoms. The Balaban J connectivity index is 0.00000220. The van der Waals surface area contributed by atoms with Gasteiger partial charge in [-0.1, -0.05) is 30.3 Å². The van der Waals surface area contributed by atoms with E-state index in [0.29, 0.717) is 0 Å². The van der Waals surface area contributed by atoms with Crippen LogP contribution in [0.4, 0.5) is 0 Å². The van der Waals surface area contributed by atoms with Gasteiger partial charge in [0.05, 0.1) is 18.9 Å². The van der Waals surface area contributed by atoms with Crippen molar-refractivity contribution in [3.8, 4) is 0 Å². The molecule has 3 N–H and O–H groups in total. The molecule has 1 aromatic rings. The van der Waals surface area contributed by atoms with Crippen molar-refractivity contribution < 1.29 is 4.74 Å². The number of benzene rings is 1. The minimum absolute atomic E-state index is 0. The highest BCUT2D eigenvalue weighted by molar-refractivity contribution is 7.80. The number of hydrazone groups is 1. The molecule has 0 bridgehead atoms. The third-order valence-electron chi connectivity index (χ3n) is 3.18. The van der Waals surface area contributed by atoms with Gasteiger partial charge in [-0.05, 0) is 17.8 Å². The first-order valence-electron chi connectivity index (χ1n) is 6.73. The van der Waals surface area contributed by atoms with Crippen LogP contribution in [0, 0.1) is 0 Å². The number of ether oxygens (including phenoxy) is 1. The number of thiocarbonyl (C=S) groups is 1. The maximum atomic E-state index is 5.44. The standard InChI is InChI=1S/C14H20N4OS.2ClH/c15-14(20)17-16-13(12-4-2-1-3-5-12)6-7-18-8-10-19-11-9-18;;/h1-5H,6-11H2,(H3,15,17,20);2*1H/b16-13+;;. The summed E-state index contributed by atoms with van der Waals surface area (Å²) < 4.78 is 5.35. The molecule has 0 atom stereocenters. The van der Waals surface area contributed by atoms with Crippen molar-refractivity contribution in [2.75, 3.05) is 32.8 Å². The maximum Gasteiger partial charge on any atom is 0.184 e. The van der Waals surface area contributed by atoms with E-state index in [2.05, 4.69) is 15.4 Å². The van der Waals surface area contributed by atoms with Gasteiger partial charge in [-0.15, -0.1) is 24.8 Å². The van der Waals surface area contributed by atoms with Gasteiger partial charge in [-0.3, -0.25) is 10.3 Å². The highest BCUT2D eigenvalue weighted by atomic mass is 35.5. The van der Waals surface area contributed by atoms with E-state index in [0.717, 1.165) is 50.5 Å². The molecule has 0 aromatic heterocycles.